The first kappa shape index (κ1) is 17.2. The lowest BCUT2D eigenvalue weighted by molar-refractivity contribution is 0.873. The fraction of sp³-hybridized carbons (Fsp3) is 0.136. The highest BCUT2D eigenvalue weighted by molar-refractivity contribution is 5.87. The van der Waals surface area contributed by atoms with Crippen LogP contribution in [0, 0.1) is 6.92 Å². The maximum absolute atomic E-state index is 5.03. The zero-order valence-electron chi connectivity index (χ0n) is 16.1. The Bertz CT molecular complexity index is 1310. The second-order valence-electron chi connectivity index (χ2n) is 7.04. The van der Waals surface area contributed by atoms with E-state index in [-0.39, 0.29) is 6.04 Å². The van der Waals surface area contributed by atoms with Crippen molar-refractivity contribution in [2.75, 3.05) is 5.32 Å². The van der Waals surface area contributed by atoms with Crippen molar-refractivity contribution in [3.8, 4) is 11.3 Å². The van der Waals surface area contributed by atoms with Crippen molar-refractivity contribution < 1.29 is 0 Å². The predicted octanol–water partition coefficient (Wildman–Crippen LogP) is 4.44. The van der Waals surface area contributed by atoms with Gasteiger partial charge in [-0.25, -0.2) is 15.0 Å². The molecule has 1 unspecified atom stereocenters. The molecular weight excluding hydrogens is 362 g/mol. The molecule has 142 valence electrons. The Morgan fingerprint density at radius 2 is 2.00 bits per heavy atom. The SMILES string of the molecule is Cc1cccc2cc(C(C)Nc3ncnc4[nH]ncc34)c(-c3cccnc3)nc12. The zero-order chi connectivity index (χ0) is 19.8. The second-order valence-corrected chi connectivity index (χ2v) is 7.04. The lowest BCUT2D eigenvalue weighted by Crippen LogP contribution is -2.11. The van der Waals surface area contributed by atoms with Gasteiger partial charge in [0.25, 0.3) is 0 Å². The van der Waals surface area contributed by atoms with E-state index >= 15 is 0 Å². The predicted molar refractivity (Wildman–Crippen MR) is 113 cm³/mol. The number of H-pyrrole nitrogens is 1. The number of hydrogen-bond donors (Lipinski definition) is 2. The van der Waals surface area contributed by atoms with Crippen LogP contribution in [0.5, 0.6) is 0 Å². The van der Waals surface area contributed by atoms with Crippen LogP contribution in [0.3, 0.4) is 0 Å². The molecule has 0 amide bonds. The highest BCUT2D eigenvalue weighted by Crippen LogP contribution is 2.32. The Morgan fingerprint density at radius 3 is 2.86 bits per heavy atom. The van der Waals surface area contributed by atoms with Crippen LogP contribution in [0.2, 0.25) is 0 Å². The standard InChI is InChI=1S/C22H19N7/c1-13-5-3-6-15-9-17(20(28-19(13)15)16-7-4-8-23-10-16)14(2)27-21-18-11-26-29-22(18)25-12-24-21/h3-12,14H,1-2H3,(H2,24,25,26,27,29). The molecule has 0 aliphatic heterocycles. The number of nitrogens with zero attached hydrogens (tertiary/aromatic N) is 5. The first-order valence-corrected chi connectivity index (χ1v) is 9.42. The molecule has 4 heterocycles. The molecule has 7 heteroatoms. The highest BCUT2D eigenvalue weighted by Gasteiger charge is 2.18. The van der Waals surface area contributed by atoms with Gasteiger partial charge in [0.15, 0.2) is 5.65 Å². The number of rotatable bonds is 4. The number of fused-ring (bicyclic) bond motifs is 2. The van der Waals surface area contributed by atoms with Gasteiger partial charge < -0.3 is 5.32 Å². The Labute approximate surface area is 167 Å². The van der Waals surface area contributed by atoms with Crippen LogP contribution >= 0.6 is 0 Å². The number of aromatic nitrogens is 6. The third kappa shape index (κ3) is 3.06. The van der Waals surface area contributed by atoms with Gasteiger partial charge in [-0.2, -0.15) is 5.10 Å². The summed E-state index contributed by atoms with van der Waals surface area (Å²) in [4.78, 5) is 17.9. The summed E-state index contributed by atoms with van der Waals surface area (Å²) in [5.74, 6) is 0.734. The van der Waals surface area contributed by atoms with E-state index in [4.69, 9.17) is 4.98 Å². The van der Waals surface area contributed by atoms with Gasteiger partial charge in [0.05, 0.1) is 28.8 Å². The van der Waals surface area contributed by atoms with E-state index in [1.807, 2.05) is 18.3 Å². The van der Waals surface area contributed by atoms with Crippen molar-refractivity contribution >= 4 is 27.8 Å². The molecule has 5 aromatic rings. The molecule has 29 heavy (non-hydrogen) atoms. The summed E-state index contributed by atoms with van der Waals surface area (Å²) >= 11 is 0. The van der Waals surface area contributed by atoms with Gasteiger partial charge in [-0.15, -0.1) is 0 Å². The summed E-state index contributed by atoms with van der Waals surface area (Å²) in [7, 11) is 0. The van der Waals surface area contributed by atoms with Gasteiger partial charge >= 0.3 is 0 Å². The number of hydrogen-bond acceptors (Lipinski definition) is 6. The zero-order valence-corrected chi connectivity index (χ0v) is 16.1. The Morgan fingerprint density at radius 1 is 1.07 bits per heavy atom. The summed E-state index contributed by atoms with van der Waals surface area (Å²) in [6, 6.07) is 12.4. The topological polar surface area (TPSA) is 92.3 Å². The van der Waals surface area contributed by atoms with E-state index in [1.165, 1.54) is 6.33 Å². The Kier molecular flexibility index (Phi) is 4.13. The quantitative estimate of drug-likeness (QED) is 0.478. The van der Waals surface area contributed by atoms with Crippen molar-refractivity contribution in [2.45, 2.75) is 19.9 Å². The number of nitrogens with one attached hydrogen (secondary N) is 2. The normalized spacial score (nSPS) is 12.3. The average molecular weight is 381 g/mol. The molecule has 0 spiro atoms. The van der Waals surface area contributed by atoms with Crippen LogP contribution in [0.25, 0.3) is 33.2 Å². The third-order valence-corrected chi connectivity index (χ3v) is 5.08. The van der Waals surface area contributed by atoms with E-state index in [1.54, 1.807) is 12.4 Å². The van der Waals surface area contributed by atoms with Gasteiger partial charge in [0.2, 0.25) is 0 Å². The van der Waals surface area contributed by atoms with E-state index in [0.29, 0.717) is 5.65 Å². The number of anilines is 1. The van der Waals surface area contributed by atoms with Crippen LogP contribution < -0.4 is 5.32 Å². The second kappa shape index (κ2) is 6.94. The Balaban J connectivity index is 1.65. The minimum atomic E-state index is -0.0457. The van der Waals surface area contributed by atoms with Crippen molar-refractivity contribution in [2.24, 2.45) is 0 Å². The van der Waals surface area contributed by atoms with Gasteiger partial charge in [0, 0.05) is 28.9 Å². The summed E-state index contributed by atoms with van der Waals surface area (Å²) < 4.78 is 0. The van der Waals surface area contributed by atoms with Crippen LogP contribution in [-0.2, 0) is 0 Å². The van der Waals surface area contributed by atoms with Crippen LogP contribution in [-0.4, -0.2) is 30.1 Å². The third-order valence-electron chi connectivity index (χ3n) is 5.08. The number of benzene rings is 1. The van der Waals surface area contributed by atoms with E-state index in [0.717, 1.165) is 44.5 Å². The summed E-state index contributed by atoms with van der Waals surface area (Å²) in [6.45, 7) is 4.19. The highest BCUT2D eigenvalue weighted by atomic mass is 15.2. The number of para-hydroxylation sites is 1. The molecule has 0 saturated heterocycles. The van der Waals surface area contributed by atoms with Crippen molar-refractivity contribution in [1.29, 1.82) is 0 Å². The molecule has 1 atom stereocenters. The molecule has 0 radical (unpaired) electrons. The van der Waals surface area contributed by atoms with Crippen molar-refractivity contribution in [1.82, 2.24) is 30.1 Å². The fourth-order valence-corrected chi connectivity index (χ4v) is 3.59. The molecule has 7 nitrogen and oxygen atoms in total. The molecule has 4 aromatic heterocycles. The smallest absolute Gasteiger partial charge is 0.160 e. The Hall–Kier alpha value is -3.87. The first-order valence-electron chi connectivity index (χ1n) is 9.42. The molecule has 0 saturated carbocycles. The molecule has 0 bridgehead atoms. The molecule has 0 aliphatic carbocycles. The van der Waals surface area contributed by atoms with Crippen LogP contribution in [0.15, 0.2) is 61.3 Å². The molecule has 5 rings (SSSR count). The lowest BCUT2D eigenvalue weighted by atomic mass is 9.98. The molecule has 2 N–H and O–H groups in total. The van der Waals surface area contributed by atoms with Crippen molar-refractivity contribution in [3.63, 3.8) is 0 Å². The molecular formula is C22H19N7. The van der Waals surface area contributed by atoms with Crippen molar-refractivity contribution in [3.05, 3.63) is 72.4 Å². The van der Waals surface area contributed by atoms with Gasteiger partial charge in [0.1, 0.15) is 12.1 Å². The van der Waals surface area contributed by atoms with E-state index < -0.39 is 0 Å². The first-order chi connectivity index (χ1) is 14.2. The fourth-order valence-electron chi connectivity index (χ4n) is 3.59. The minimum Gasteiger partial charge on any atom is -0.363 e. The van der Waals surface area contributed by atoms with Gasteiger partial charge in [-0.05, 0) is 37.6 Å². The average Bonchev–Trinajstić information content (AvgIpc) is 3.24. The summed E-state index contributed by atoms with van der Waals surface area (Å²) in [5, 5.41) is 12.4. The molecule has 0 fully saturated rings. The van der Waals surface area contributed by atoms with E-state index in [9.17, 15) is 0 Å². The van der Waals surface area contributed by atoms with Crippen LogP contribution in [0.4, 0.5) is 5.82 Å². The van der Waals surface area contributed by atoms with Crippen LogP contribution in [0.1, 0.15) is 24.1 Å². The largest absolute Gasteiger partial charge is 0.363 e. The van der Waals surface area contributed by atoms with Gasteiger partial charge in [-0.1, -0.05) is 18.2 Å². The lowest BCUT2D eigenvalue weighted by Gasteiger charge is -2.19. The molecule has 1 aromatic carbocycles. The summed E-state index contributed by atoms with van der Waals surface area (Å²) in [5.41, 5.74) is 5.83. The molecule has 0 aliphatic rings. The maximum atomic E-state index is 5.03. The number of aromatic amines is 1. The van der Waals surface area contributed by atoms with E-state index in [2.05, 4.69) is 68.6 Å². The maximum Gasteiger partial charge on any atom is 0.160 e. The monoisotopic (exact) mass is 381 g/mol. The minimum absolute atomic E-state index is 0.0457. The number of aryl methyl sites for hydroxylation is 1. The summed E-state index contributed by atoms with van der Waals surface area (Å²) in [6.07, 6.45) is 6.88. The number of pyridine rings is 2. The van der Waals surface area contributed by atoms with Gasteiger partial charge in [-0.3, -0.25) is 10.1 Å².